The SMILES string of the molecule is C1=CC2c3cc(-c4cc(-c5ccc6c(c5)c5ccccc5n6-c5ccccc5)cc(-c5cc(-c6ccccc6)nc(-c6ccccc6)n5)c4)ccc3N(c3ccccc3)C2C=C1. The van der Waals surface area contributed by atoms with E-state index in [0.717, 1.165) is 50.5 Å². The monoisotopic (exact) mass is 792 g/mol. The van der Waals surface area contributed by atoms with Crippen LogP contribution >= 0.6 is 0 Å². The van der Waals surface area contributed by atoms with Gasteiger partial charge < -0.3 is 9.47 Å². The zero-order valence-electron chi connectivity index (χ0n) is 33.9. The third-order valence-electron chi connectivity index (χ3n) is 12.5. The predicted octanol–water partition coefficient (Wildman–Crippen LogP) is 14.6. The van der Waals surface area contributed by atoms with E-state index in [1.165, 1.54) is 44.3 Å². The van der Waals surface area contributed by atoms with Crippen LogP contribution in [0.25, 0.3) is 83.6 Å². The fraction of sp³-hybridized carbons (Fsp3) is 0.0345. The first-order valence-electron chi connectivity index (χ1n) is 21.3. The van der Waals surface area contributed by atoms with E-state index in [1.54, 1.807) is 0 Å². The van der Waals surface area contributed by atoms with E-state index in [-0.39, 0.29) is 12.0 Å². The van der Waals surface area contributed by atoms with Crippen LogP contribution < -0.4 is 4.90 Å². The van der Waals surface area contributed by atoms with Crippen LogP contribution in [-0.2, 0) is 0 Å². The van der Waals surface area contributed by atoms with E-state index in [9.17, 15) is 0 Å². The molecule has 0 radical (unpaired) electrons. The van der Waals surface area contributed by atoms with Crippen molar-refractivity contribution in [2.45, 2.75) is 12.0 Å². The average Bonchev–Trinajstić information content (AvgIpc) is 3.87. The Hall–Kier alpha value is -8.08. The van der Waals surface area contributed by atoms with Gasteiger partial charge in [-0.3, -0.25) is 0 Å². The van der Waals surface area contributed by atoms with Gasteiger partial charge in [0.25, 0.3) is 0 Å². The van der Waals surface area contributed by atoms with Crippen LogP contribution in [-0.4, -0.2) is 20.6 Å². The number of aromatic nitrogens is 3. The number of hydrogen-bond acceptors (Lipinski definition) is 3. The molecule has 0 bridgehead atoms. The lowest BCUT2D eigenvalue weighted by molar-refractivity contribution is 0.745. The van der Waals surface area contributed by atoms with E-state index in [4.69, 9.17) is 9.97 Å². The van der Waals surface area contributed by atoms with Gasteiger partial charge in [0.2, 0.25) is 0 Å². The molecule has 8 aromatic carbocycles. The lowest BCUT2D eigenvalue weighted by Gasteiger charge is -2.28. The van der Waals surface area contributed by atoms with Gasteiger partial charge in [0.15, 0.2) is 5.82 Å². The third-order valence-corrected chi connectivity index (χ3v) is 12.5. The summed E-state index contributed by atoms with van der Waals surface area (Å²) in [6, 6.07) is 74.2. The molecule has 0 saturated heterocycles. The Kier molecular flexibility index (Phi) is 8.60. The van der Waals surface area contributed by atoms with Crippen molar-refractivity contribution in [1.82, 2.24) is 14.5 Å². The average molecular weight is 793 g/mol. The normalized spacial score (nSPS) is 15.3. The van der Waals surface area contributed by atoms with Gasteiger partial charge in [0.1, 0.15) is 0 Å². The molecule has 292 valence electrons. The number of benzene rings is 8. The van der Waals surface area contributed by atoms with Crippen molar-refractivity contribution in [2.24, 2.45) is 0 Å². The van der Waals surface area contributed by atoms with Crippen molar-refractivity contribution in [1.29, 1.82) is 0 Å². The Balaban J connectivity index is 1.07. The van der Waals surface area contributed by atoms with Gasteiger partial charge >= 0.3 is 0 Å². The largest absolute Gasteiger partial charge is 0.333 e. The lowest BCUT2D eigenvalue weighted by atomic mass is 9.88. The van der Waals surface area contributed by atoms with E-state index in [0.29, 0.717) is 5.82 Å². The summed E-state index contributed by atoms with van der Waals surface area (Å²) in [4.78, 5) is 12.9. The summed E-state index contributed by atoms with van der Waals surface area (Å²) in [6.45, 7) is 0. The van der Waals surface area contributed by atoms with Gasteiger partial charge in [-0.25, -0.2) is 9.97 Å². The molecule has 1 aliphatic heterocycles. The summed E-state index contributed by atoms with van der Waals surface area (Å²) in [7, 11) is 0. The molecule has 2 aliphatic rings. The number of para-hydroxylation sites is 3. The van der Waals surface area contributed by atoms with Crippen molar-refractivity contribution in [3.8, 4) is 61.8 Å². The van der Waals surface area contributed by atoms with Gasteiger partial charge in [-0.15, -0.1) is 0 Å². The molecule has 2 atom stereocenters. The highest BCUT2D eigenvalue weighted by molar-refractivity contribution is 6.10. The molecule has 0 N–H and O–H groups in total. The van der Waals surface area contributed by atoms with Crippen LogP contribution in [0.2, 0.25) is 0 Å². The number of rotatable bonds is 7. The maximum atomic E-state index is 5.31. The van der Waals surface area contributed by atoms with Crippen molar-refractivity contribution < 1.29 is 0 Å². The van der Waals surface area contributed by atoms with Gasteiger partial charge in [0.05, 0.1) is 28.5 Å². The topological polar surface area (TPSA) is 34.0 Å². The van der Waals surface area contributed by atoms with E-state index < -0.39 is 0 Å². The first-order valence-corrected chi connectivity index (χ1v) is 21.3. The molecule has 0 spiro atoms. The van der Waals surface area contributed by atoms with E-state index >= 15 is 0 Å². The fourth-order valence-electron chi connectivity index (χ4n) is 9.60. The number of allylic oxidation sites excluding steroid dienone is 2. The van der Waals surface area contributed by atoms with Crippen LogP contribution in [0.15, 0.2) is 231 Å². The Labute approximate surface area is 361 Å². The second kappa shape index (κ2) is 14.9. The first kappa shape index (κ1) is 35.8. The molecule has 2 unspecified atom stereocenters. The summed E-state index contributed by atoms with van der Waals surface area (Å²) in [5, 5.41) is 2.45. The van der Waals surface area contributed by atoms with E-state index in [1.807, 2.05) is 24.3 Å². The molecule has 1 aliphatic carbocycles. The molecular weight excluding hydrogens is 753 g/mol. The minimum atomic E-state index is 0.216. The molecule has 0 saturated carbocycles. The Morgan fingerprint density at radius 1 is 0.371 bits per heavy atom. The van der Waals surface area contributed by atoms with Gasteiger partial charge in [-0.2, -0.15) is 0 Å². The zero-order valence-corrected chi connectivity index (χ0v) is 33.9. The van der Waals surface area contributed by atoms with Gasteiger partial charge in [-0.1, -0.05) is 152 Å². The summed E-state index contributed by atoms with van der Waals surface area (Å²) >= 11 is 0. The van der Waals surface area contributed by atoms with Crippen LogP contribution in [0.4, 0.5) is 11.4 Å². The molecule has 0 fully saturated rings. The second-order valence-corrected chi connectivity index (χ2v) is 16.2. The van der Waals surface area contributed by atoms with Crippen molar-refractivity contribution in [2.75, 3.05) is 4.90 Å². The van der Waals surface area contributed by atoms with Crippen LogP contribution in [0.5, 0.6) is 0 Å². The molecule has 3 heterocycles. The van der Waals surface area contributed by atoms with Crippen molar-refractivity contribution >= 4 is 33.2 Å². The maximum absolute atomic E-state index is 5.31. The molecule has 12 rings (SSSR count). The quantitative estimate of drug-likeness (QED) is 0.161. The molecule has 4 heteroatoms. The summed E-state index contributed by atoms with van der Waals surface area (Å²) in [5.41, 5.74) is 16.7. The fourth-order valence-corrected chi connectivity index (χ4v) is 9.60. The number of nitrogens with zero attached hydrogens (tertiary/aromatic N) is 4. The second-order valence-electron chi connectivity index (χ2n) is 16.2. The minimum absolute atomic E-state index is 0.216. The molecule has 10 aromatic rings. The first-order chi connectivity index (χ1) is 30.7. The Bertz CT molecular complexity index is 3290. The number of hydrogen-bond donors (Lipinski definition) is 0. The summed E-state index contributed by atoms with van der Waals surface area (Å²) in [6.07, 6.45) is 9.07. The summed E-state index contributed by atoms with van der Waals surface area (Å²) < 4.78 is 2.37. The molecule has 0 amide bonds. The number of anilines is 2. The highest BCUT2D eigenvalue weighted by atomic mass is 15.2. The molecular formula is C58H40N4. The van der Waals surface area contributed by atoms with Gasteiger partial charge in [0, 0.05) is 50.4 Å². The summed E-state index contributed by atoms with van der Waals surface area (Å²) in [5.74, 6) is 0.941. The lowest BCUT2D eigenvalue weighted by Crippen LogP contribution is -2.28. The van der Waals surface area contributed by atoms with Crippen LogP contribution in [0, 0.1) is 0 Å². The van der Waals surface area contributed by atoms with Gasteiger partial charge in [-0.05, 0) is 107 Å². The third kappa shape index (κ3) is 6.15. The van der Waals surface area contributed by atoms with E-state index in [2.05, 4.69) is 216 Å². The number of fused-ring (bicyclic) bond motifs is 6. The van der Waals surface area contributed by atoms with Crippen molar-refractivity contribution in [3.05, 3.63) is 236 Å². The van der Waals surface area contributed by atoms with Crippen molar-refractivity contribution in [3.63, 3.8) is 0 Å². The highest BCUT2D eigenvalue weighted by Crippen LogP contribution is 2.49. The minimum Gasteiger partial charge on any atom is -0.333 e. The Morgan fingerprint density at radius 3 is 1.68 bits per heavy atom. The Morgan fingerprint density at radius 2 is 0.935 bits per heavy atom. The molecule has 62 heavy (non-hydrogen) atoms. The molecule has 4 nitrogen and oxygen atoms in total. The maximum Gasteiger partial charge on any atom is 0.160 e. The van der Waals surface area contributed by atoms with Crippen LogP contribution in [0.1, 0.15) is 11.5 Å². The zero-order chi connectivity index (χ0) is 41.0. The van der Waals surface area contributed by atoms with Crippen LogP contribution in [0.3, 0.4) is 0 Å². The molecule has 2 aromatic heterocycles. The smallest absolute Gasteiger partial charge is 0.160 e. The highest BCUT2D eigenvalue weighted by Gasteiger charge is 2.37. The standard InChI is InChI=1S/C58H40N4/c1-5-17-39(18-6-1)52-38-53(60-58(59-52)40-19-7-2-8-20-40)45-34-43(41-29-31-56-50(36-41)48-25-13-15-27-54(48)61(56)46-21-9-3-10-22-46)33-44(35-45)42-30-32-57-51(37-42)49-26-14-16-28-55(49)62(57)47-23-11-4-12-24-47/h1-38,48,54H. The predicted molar refractivity (Wildman–Crippen MR) is 257 cm³/mol.